The summed E-state index contributed by atoms with van der Waals surface area (Å²) in [6, 6.07) is 0. The molecule has 17 heavy (non-hydrogen) atoms. The van der Waals surface area contributed by atoms with Gasteiger partial charge in [-0.3, -0.25) is 14.5 Å². The number of carboxylic acids is 2. The Kier molecular flexibility index (Phi) is 9.31. The molecule has 7 nitrogen and oxygen atoms in total. The summed E-state index contributed by atoms with van der Waals surface area (Å²) in [5.74, 6) is -1.83. The van der Waals surface area contributed by atoms with Gasteiger partial charge in [-0.25, -0.2) is 0 Å². The van der Waals surface area contributed by atoms with Crippen LogP contribution in [0.5, 0.6) is 0 Å². The molecule has 0 heterocycles. The van der Waals surface area contributed by atoms with Crippen LogP contribution in [0, 0.1) is 0 Å². The van der Waals surface area contributed by atoms with E-state index in [0.717, 1.165) is 0 Å². The molecular formula is C10H19NO6. The molecule has 7 heteroatoms. The summed E-state index contributed by atoms with van der Waals surface area (Å²) in [4.78, 5) is 22.5. The van der Waals surface area contributed by atoms with Crippen LogP contribution in [0.3, 0.4) is 0 Å². The van der Waals surface area contributed by atoms with Crippen LogP contribution in [0.15, 0.2) is 0 Å². The van der Waals surface area contributed by atoms with Gasteiger partial charge in [-0.1, -0.05) is 0 Å². The second-order valence-corrected chi connectivity index (χ2v) is 3.47. The first-order valence-electron chi connectivity index (χ1n) is 5.40. The van der Waals surface area contributed by atoms with Crippen LogP contribution in [-0.2, 0) is 14.3 Å². The number of rotatable bonds is 11. The van der Waals surface area contributed by atoms with Crippen LogP contribution >= 0.6 is 0 Å². The SMILES string of the molecule is O=C(O)CCN(CCOCCO)CCC(=O)O. The molecule has 0 aliphatic heterocycles. The zero-order chi connectivity index (χ0) is 13.1. The maximum absolute atomic E-state index is 10.4. The van der Waals surface area contributed by atoms with E-state index in [-0.39, 0.29) is 26.1 Å². The van der Waals surface area contributed by atoms with Crippen molar-refractivity contribution >= 4 is 11.9 Å². The Labute approximate surface area is 99.6 Å². The lowest BCUT2D eigenvalue weighted by molar-refractivity contribution is -0.137. The van der Waals surface area contributed by atoms with Gasteiger partial charge in [0, 0.05) is 19.6 Å². The van der Waals surface area contributed by atoms with Gasteiger partial charge < -0.3 is 20.1 Å². The molecule has 0 fully saturated rings. The highest BCUT2D eigenvalue weighted by Crippen LogP contribution is 1.95. The third kappa shape index (κ3) is 11.1. The molecule has 0 unspecified atom stereocenters. The van der Waals surface area contributed by atoms with Gasteiger partial charge in [-0.2, -0.15) is 0 Å². The van der Waals surface area contributed by atoms with E-state index in [2.05, 4.69) is 0 Å². The third-order valence-corrected chi connectivity index (χ3v) is 2.07. The van der Waals surface area contributed by atoms with E-state index < -0.39 is 11.9 Å². The third-order valence-electron chi connectivity index (χ3n) is 2.07. The van der Waals surface area contributed by atoms with Crippen molar-refractivity contribution in [2.24, 2.45) is 0 Å². The van der Waals surface area contributed by atoms with Crippen LogP contribution in [0.1, 0.15) is 12.8 Å². The van der Waals surface area contributed by atoms with Crippen LogP contribution < -0.4 is 0 Å². The number of hydrogen-bond acceptors (Lipinski definition) is 5. The van der Waals surface area contributed by atoms with E-state index in [0.29, 0.717) is 26.2 Å². The monoisotopic (exact) mass is 249 g/mol. The van der Waals surface area contributed by atoms with Crippen molar-refractivity contribution in [2.75, 3.05) is 39.5 Å². The van der Waals surface area contributed by atoms with E-state index >= 15 is 0 Å². The summed E-state index contributed by atoms with van der Waals surface area (Å²) in [5, 5.41) is 25.6. The molecule has 0 rings (SSSR count). The van der Waals surface area contributed by atoms with Crippen LogP contribution in [0.2, 0.25) is 0 Å². The second kappa shape index (κ2) is 10.0. The Balaban J connectivity index is 3.83. The minimum atomic E-state index is -0.915. The lowest BCUT2D eigenvalue weighted by Gasteiger charge is -2.20. The molecule has 100 valence electrons. The highest BCUT2D eigenvalue weighted by Gasteiger charge is 2.09. The van der Waals surface area contributed by atoms with E-state index in [1.807, 2.05) is 0 Å². The topological polar surface area (TPSA) is 107 Å². The molecule has 0 saturated carbocycles. The molecule has 0 aliphatic carbocycles. The van der Waals surface area contributed by atoms with Crippen molar-refractivity contribution in [3.8, 4) is 0 Å². The minimum absolute atomic E-state index is 0.0282. The van der Waals surface area contributed by atoms with E-state index in [1.165, 1.54) is 0 Å². The Morgan fingerprint density at radius 2 is 1.47 bits per heavy atom. The first-order chi connectivity index (χ1) is 8.06. The van der Waals surface area contributed by atoms with Crippen molar-refractivity contribution in [1.29, 1.82) is 0 Å². The summed E-state index contributed by atoms with van der Waals surface area (Å²) in [6.45, 7) is 1.56. The molecule has 0 aromatic heterocycles. The van der Waals surface area contributed by atoms with Crippen LogP contribution in [-0.4, -0.2) is 71.6 Å². The Morgan fingerprint density at radius 1 is 0.941 bits per heavy atom. The largest absolute Gasteiger partial charge is 0.481 e. The van der Waals surface area contributed by atoms with Gasteiger partial charge in [-0.15, -0.1) is 0 Å². The highest BCUT2D eigenvalue weighted by molar-refractivity contribution is 5.67. The minimum Gasteiger partial charge on any atom is -0.481 e. The number of carbonyl (C=O) groups is 2. The van der Waals surface area contributed by atoms with Crippen molar-refractivity contribution in [2.45, 2.75) is 12.8 Å². The van der Waals surface area contributed by atoms with Crippen LogP contribution in [0.25, 0.3) is 0 Å². The quantitative estimate of drug-likeness (QED) is 0.413. The van der Waals surface area contributed by atoms with Crippen molar-refractivity contribution in [3.05, 3.63) is 0 Å². The first-order valence-corrected chi connectivity index (χ1v) is 5.40. The molecular weight excluding hydrogens is 230 g/mol. The zero-order valence-electron chi connectivity index (χ0n) is 9.67. The Morgan fingerprint density at radius 3 is 1.88 bits per heavy atom. The van der Waals surface area contributed by atoms with Gasteiger partial charge in [-0.05, 0) is 0 Å². The van der Waals surface area contributed by atoms with Gasteiger partial charge in [0.05, 0.1) is 32.7 Å². The average molecular weight is 249 g/mol. The normalized spacial score (nSPS) is 10.7. The summed E-state index contributed by atoms with van der Waals surface area (Å²) in [6.07, 6.45) is -0.0563. The summed E-state index contributed by atoms with van der Waals surface area (Å²) >= 11 is 0. The van der Waals surface area contributed by atoms with Gasteiger partial charge in [0.15, 0.2) is 0 Å². The number of aliphatic hydroxyl groups excluding tert-OH is 1. The molecule has 0 amide bonds. The van der Waals surface area contributed by atoms with Crippen molar-refractivity contribution < 1.29 is 29.6 Å². The van der Waals surface area contributed by atoms with Crippen molar-refractivity contribution in [1.82, 2.24) is 4.90 Å². The number of nitrogens with zero attached hydrogens (tertiary/aromatic N) is 1. The number of aliphatic hydroxyl groups is 1. The maximum Gasteiger partial charge on any atom is 0.304 e. The number of carboxylic acid groups (broad SMARTS) is 2. The molecule has 0 spiro atoms. The van der Waals surface area contributed by atoms with Gasteiger partial charge in [0.25, 0.3) is 0 Å². The average Bonchev–Trinajstić information content (AvgIpc) is 2.26. The number of hydrogen-bond donors (Lipinski definition) is 3. The van der Waals surface area contributed by atoms with E-state index in [1.54, 1.807) is 4.90 Å². The zero-order valence-corrected chi connectivity index (χ0v) is 9.67. The van der Waals surface area contributed by atoms with Gasteiger partial charge in [0.1, 0.15) is 0 Å². The summed E-state index contributed by atoms with van der Waals surface area (Å²) in [7, 11) is 0. The first kappa shape index (κ1) is 15.8. The molecule has 0 radical (unpaired) electrons. The van der Waals surface area contributed by atoms with Crippen LogP contribution in [0.4, 0.5) is 0 Å². The predicted molar refractivity (Wildman–Crippen MR) is 58.9 cm³/mol. The Hall–Kier alpha value is -1.18. The van der Waals surface area contributed by atoms with E-state index in [9.17, 15) is 9.59 Å². The fourth-order valence-electron chi connectivity index (χ4n) is 1.20. The van der Waals surface area contributed by atoms with E-state index in [4.69, 9.17) is 20.1 Å². The molecule has 0 aliphatic rings. The van der Waals surface area contributed by atoms with Gasteiger partial charge in [0.2, 0.25) is 0 Å². The molecule has 0 saturated heterocycles. The number of ether oxygens (including phenoxy) is 1. The van der Waals surface area contributed by atoms with Gasteiger partial charge >= 0.3 is 11.9 Å². The summed E-state index contributed by atoms with van der Waals surface area (Å²) in [5.41, 5.74) is 0. The predicted octanol–water partition coefficient (Wildman–Crippen LogP) is -0.753. The fourth-order valence-corrected chi connectivity index (χ4v) is 1.20. The molecule has 0 atom stereocenters. The number of aliphatic carboxylic acids is 2. The van der Waals surface area contributed by atoms with Crippen molar-refractivity contribution in [3.63, 3.8) is 0 Å². The molecule has 0 bridgehead atoms. The summed E-state index contributed by atoms with van der Waals surface area (Å²) < 4.78 is 5.04. The lowest BCUT2D eigenvalue weighted by atomic mass is 10.3. The molecule has 0 aromatic rings. The molecule has 0 aromatic carbocycles. The standard InChI is InChI=1S/C10H19NO6/c12-6-8-17-7-5-11(3-1-9(13)14)4-2-10(15)16/h12H,1-8H2,(H,13,14)(H,15,16). The smallest absolute Gasteiger partial charge is 0.304 e. The fraction of sp³-hybridized carbons (Fsp3) is 0.800. The highest BCUT2D eigenvalue weighted by atomic mass is 16.5. The Bertz CT molecular complexity index is 215. The lowest BCUT2D eigenvalue weighted by Crippen LogP contribution is -2.32. The maximum atomic E-state index is 10.4. The second-order valence-electron chi connectivity index (χ2n) is 3.47. The molecule has 3 N–H and O–H groups in total.